The summed E-state index contributed by atoms with van der Waals surface area (Å²) in [6.07, 6.45) is 0. The Balaban J connectivity index is 1.12. The molecule has 4 aromatic heterocycles. The summed E-state index contributed by atoms with van der Waals surface area (Å²) >= 11 is 3.50. The lowest BCUT2D eigenvalue weighted by Gasteiger charge is -2.11. The number of hydrogen-bond acceptors (Lipinski definition) is 7. The highest BCUT2D eigenvalue weighted by atomic mass is 32.1. The topological polar surface area (TPSA) is 64.7 Å². The number of fused-ring (bicyclic) bond motifs is 7. The molecular formula is C46H26N4OS2. The van der Waals surface area contributed by atoms with E-state index in [1.807, 2.05) is 54.6 Å². The summed E-state index contributed by atoms with van der Waals surface area (Å²) in [7, 11) is 0. The van der Waals surface area contributed by atoms with Crippen LogP contribution < -0.4 is 0 Å². The second kappa shape index (κ2) is 12.0. The molecule has 7 aromatic carbocycles. The maximum atomic E-state index is 6.55. The minimum absolute atomic E-state index is 0.597. The molecule has 248 valence electrons. The van der Waals surface area contributed by atoms with E-state index in [4.69, 9.17) is 24.4 Å². The van der Waals surface area contributed by atoms with Crippen LogP contribution in [-0.4, -0.2) is 19.9 Å². The highest BCUT2D eigenvalue weighted by molar-refractivity contribution is 7.26. The van der Waals surface area contributed by atoms with Crippen molar-refractivity contribution in [2.75, 3.05) is 0 Å². The van der Waals surface area contributed by atoms with Gasteiger partial charge in [-0.2, -0.15) is 0 Å². The van der Waals surface area contributed by atoms with Crippen LogP contribution in [0.4, 0.5) is 0 Å². The van der Waals surface area contributed by atoms with Crippen LogP contribution in [0, 0.1) is 0 Å². The van der Waals surface area contributed by atoms with Crippen LogP contribution in [0.1, 0.15) is 0 Å². The average molecular weight is 715 g/mol. The Morgan fingerprint density at radius 3 is 1.72 bits per heavy atom. The maximum Gasteiger partial charge on any atom is 0.164 e. The van der Waals surface area contributed by atoms with Gasteiger partial charge in [-0.3, -0.25) is 0 Å². The Kier molecular flexibility index (Phi) is 6.83. The van der Waals surface area contributed by atoms with Crippen LogP contribution in [0.2, 0.25) is 0 Å². The largest absolute Gasteiger partial charge is 0.456 e. The molecule has 5 nitrogen and oxygen atoms in total. The van der Waals surface area contributed by atoms with Gasteiger partial charge in [-0.1, -0.05) is 121 Å². The molecule has 0 aliphatic heterocycles. The van der Waals surface area contributed by atoms with Crippen LogP contribution in [0.3, 0.4) is 0 Å². The molecule has 0 bridgehead atoms. The van der Waals surface area contributed by atoms with Gasteiger partial charge < -0.3 is 4.42 Å². The molecule has 4 heterocycles. The number of thiazole rings is 1. The number of furan rings is 1. The number of aromatic nitrogens is 4. The maximum absolute atomic E-state index is 6.55. The van der Waals surface area contributed by atoms with E-state index in [1.54, 1.807) is 22.7 Å². The van der Waals surface area contributed by atoms with Gasteiger partial charge in [0.2, 0.25) is 0 Å². The lowest BCUT2D eigenvalue weighted by Crippen LogP contribution is -2.00. The highest BCUT2D eigenvalue weighted by Gasteiger charge is 2.21. The van der Waals surface area contributed by atoms with E-state index in [0.717, 1.165) is 71.2 Å². The zero-order chi connectivity index (χ0) is 34.9. The summed E-state index contributed by atoms with van der Waals surface area (Å²) in [6, 6.07) is 54.4. The smallest absolute Gasteiger partial charge is 0.164 e. The van der Waals surface area contributed by atoms with E-state index in [9.17, 15) is 0 Å². The first-order valence-electron chi connectivity index (χ1n) is 17.4. The van der Waals surface area contributed by atoms with Gasteiger partial charge in [-0.15, -0.1) is 22.7 Å². The third-order valence-electron chi connectivity index (χ3n) is 9.81. The van der Waals surface area contributed by atoms with Crippen LogP contribution >= 0.6 is 22.7 Å². The average Bonchev–Trinajstić information content (AvgIpc) is 3.94. The zero-order valence-electron chi connectivity index (χ0n) is 28.0. The standard InChI is InChI=1S/C46H26N4OS2/c1-2-11-28(12-3-1)43-48-44(32-16-10-22-39-40(32)31-13-4-6-20-37(31)52-39)50-45(49-43)33-15-9-19-36-42(33)41-30(14-8-18-35(41)51-36)27-23-25-29(26-24-27)46-47-34-17-5-7-21-38(34)53-46/h1-26H. The van der Waals surface area contributed by atoms with Gasteiger partial charge in [0.25, 0.3) is 0 Å². The van der Waals surface area contributed by atoms with Gasteiger partial charge >= 0.3 is 0 Å². The van der Waals surface area contributed by atoms with Crippen molar-refractivity contribution in [2.45, 2.75) is 0 Å². The van der Waals surface area contributed by atoms with Crippen molar-refractivity contribution in [3.8, 4) is 55.9 Å². The normalized spacial score (nSPS) is 11.8. The quantitative estimate of drug-likeness (QED) is 0.178. The number of rotatable bonds is 5. The number of nitrogens with zero attached hydrogens (tertiary/aromatic N) is 4. The van der Waals surface area contributed by atoms with E-state index in [2.05, 4.69) is 103 Å². The minimum Gasteiger partial charge on any atom is -0.456 e. The van der Waals surface area contributed by atoms with E-state index in [-0.39, 0.29) is 0 Å². The molecule has 0 aliphatic rings. The fraction of sp³-hybridized carbons (Fsp3) is 0. The number of thiophene rings is 1. The first-order chi connectivity index (χ1) is 26.2. The van der Waals surface area contributed by atoms with Crippen molar-refractivity contribution in [1.82, 2.24) is 19.9 Å². The third kappa shape index (κ3) is 4.97. The first kappa shape index (κ1) is 30.1. The van der Waals surface area contributed by atoms with E-state index < -0.39 is 0 Å². The molecule has 0 saturated heterocycles. The summed E-state index contributed by atoms with van der Waals surface area (Å²) < 4.78 is 10.2. The first-order valence-corrected chi connectivity index (χ1v) is 19.0. The Morgan fingerprint density at radius 2 is 0.943 bits per heavy atom. The van der Waals surface area contributed by atoms with Crippen molar-refractivity contribution < 1.29 is 4.42 Å². The van der Waals surface area contributed by atoms with Gasteiger partial charge in [0.05, 0.1) is 10.2 Å². The molecule has 11 aromatic rings. The van der Waals surface area contributed by atoms with Crippen molar-refractivity contribution in [2.24, 2.45) is 0 Å². The Morgan fingerprint density at radius 1 is 0.358 bits per heavy atom. The van der Waals surface area contributed by atoms with E-state index in [0.29, 0.717) is 17.5 Å². The second-order valence-electron chi connectivity index (χ2n) is 13.0. The fourth-order valence-electron chi connectivity index (χ4n) is 7.38. The van der Waals surface area contributed by atoms with Gasteiger partial charge in [-0.05, 0) is 47.5 Å². The Bertz CT molecular complexity index is 3150. The van der Waals surface area contributed by atoms with Crippen LogP contribution in [0.5, 0.6) is 0 Å². The summed E-state index contributed by atoms with van der Waals surface area (Å²) in [5.41, 5.74) is 8.69. The van der Waals surface area contributed by atoms with E-state index in [1.165, 1.54) is 19.5 Å². The molecule has 0 fully saturated rings. The molecular weight excluding hydrogens is 689 g/mol. The molecule has 0 amide bonds. The molecule has 11 rings (SSSR count). The number of para-hydroxylation sites is 1. The molecule has 0 unspecified atom stereocenters. The van der Waals surface area contributed by atoms with Crippen molar-refractivity contribution in [1.29, 1.82) is 0 Å². The summed E-state index contributed by atoms with van der Waals surface area (Å²) in [6.45, 7) is 0. The SMILES string of the molecule is c1ccc(-c2nc(-c3cccc4sc5ccccc5c34)nc(-c3cccc4oc5cccc(-c6ccc(-c7nc8ccccc8s7)cc6)c5c34)n2)cc1. The summed E-state index contributed by atoms with van der Waals surface area (Å²) in [4.78, 5) is 20.5. The van der Waals surface area contributed by atoms with Gasteiger partial charge in [0, 0.05) is 53.2 Å². The lowest BCUT2D eigenvalue weighted by atomic mass is 9.96. The second-order valence-corrected chi connectivity index (χ2v) is 15.1. The Labute approximate surface area is 311 Å². The Hall–Kier alpha value is -6.54. The predicted molar refractivity (Wildman–Crippen MR) is 220 cm³/mol. The molecule has 0 saturated carbocycles. The molecule has 0 atom stereocenters. The molecule has 0 aliphatic carbocycles. The van der Waals surface area contributed by atoms with Gasteiger partial charge in [0.1, 0.15) is 16.2 Å². The van der Waals surface area contributed by atoms with Gasteiger partial charge in [0.15, 0.2) is 17.5 Å². The van der Waals surface area contributed by atoms with Gasteiger partial charge in [-0.25, -0.2) is 19.9 Å². The summed E-state index contributed by atoms with van der Waals surface area (Å²) in [5, 5.41) is 5.38. The minimum atomic E-state index is 0.597. The van der Waals surface area contributed by atoms with Crippen molar-refractivity contribution in [3.63, 3.8) is 0 Å². The third-order valence-corrected chi connectivity index (χ3v) is 12.0. The molecule has 53 heavy (non-hydrogen) atoms. The monoisotopic (exact) mass is 714 g/mol. The summed E-state index contributed by atoms with van der Waals surface area (Å²) in [5.74, 6) is 1.86. The van der Waals surface area contributed by atoms with Crippen LogP contribution in [-0.2, 0) is 0 Å². The number of benzene rings is 7. The number of hydrogen-bond donors (Lipinski definition) is 0. The van der Waals surface area contributed by atoms with E-state index >= 15 is 0 Å². The molecule has 7 heteroatoms. The molecule has 0 spiro atoms. The van der Waals surface area contributed by atoms with Crippen LogP contribution in [0.25, 0.3) is 108 Å². The molecule has 0 radical (unpaired) electrons. The molecule has 0 N–H and O–H groups in total. The van der Waals surface area contributed by atoms with Crippen molar-refractivity contribution >= 4 is 75.0 Å². The van der Waals surface area contributed by atoms with Crippen LogP contribution in [0.15, 0.2) is 162 Å². The highest BCUT2D eigenvalue weighted by Crippen LogP contribution is 2.43. The zero-order valence-corrected chi connectivity index (χ0v) is 29.7. The lowest BCUT2D eigenvalue weighted by molar-refractivity contribution is 0.669. The fourth-order valence-corrected chi connectivity index (χ4v) is 9.48. The predicted octanol–water partition coefficient (Wildman–Crippen LogP) is 13.1. The van der Waals surface area contributed by atoms with Crippen molar-refractivity contribution in [3.05, 3.63) is 158 Å².